The fraction of sp³-hybridized carbons (Fsp3) is 0.250. The van der Waals surface area contributed by atoms with Crippen LogP contribution in [0.4, 0.5) is 0 Å². The second-order valence-corrected chi connectivity index (χ2v) is 5.09. The highest BCUT2D eigenvalue weighted by Gasteiger charge is 2.10. The highest BCUT2D eigenvalue weighted by molar-refractivity contribution is 5.51. The first-order valence-electron chi connectivity index (χ1n) is 7.21. The average molecular weight is 295 g/mol. The van der Waals surface area contributed by atoms with Crippen molar-refractivity contribution in [2.75, 3.05) is 0 Å². The first-order valence-corrected chi connectivity index (χ1v) is 7.21. The zero-order chi connectivity index (χ0) is 15.2. The summed E-state index contributed by atoms with van der Waals surface area (Å²) in [7, 11) is 0. The van der Waals surface area contributed by atoms with Crippen LogP contribution in [0, 0.1) is 0 Å². The number of benzene rings is 1. The molecule has 0 fully saturated rings. The van der Waals surface area contributed by atoms with Crippen molar-refractivity contribution < 1.29 is 5.11 Å². The lowest BCUT2D eigenvalue weighted by Crippen LogP contribution is -2.18. The van der Waals surface area contributed by atoms with E-state index in [0.29, 0.717) is 18.8 Å². The molecule has 0 aliphatic carbocycles. The van der Waals surface area contributed by atoms with Gasteiger partial charge in [0, 0.05) is 18.0 Å². The zero-order valence-electron chi connectivity index (χ0n) is 12.1. The van der Waals surface area contributed by atoms with E-state index in [9.17, 15) is 5.11 Å². The Morgan fingerprint density at radius 1 is 1.09 bits per heavy atom. The number of aliphatic hydroxyl groups is 1. The summed E-state index contributed by atoms with van der Waals surface area (Å²) in [5.41, 5.74) is 2.02. The fourth-order valence-electron chi connectivity index (χ4n) is 2.19. The van der Waals surface area contributed by atoms with Crippen LogP contribution in [-0.4, -0.2) is 36.4 Å². The normalized spacial score (nSPS) is 12.2. The van der Waals surface area contributed by atoms with Gasteiger partial charge < -0.3 is 5.11 Å². The van der Waals surface area contributed by atoms with Gasteiger partial charge in [0.1, 0.15) is 0 Å². The Hall–Kier alpha value is -2.60. The number of hydrogen-bond donors (Lipinski definition) is 1. The second-order valence-electron chi connectivity index (χ2n) is 5.09. The number of aliphatic hydroxyl groups excluding tert-OH is 1. The highest BCUT2D eigenvalue weighted by atomic mass is 16.3. The summed E-state index contributed by atoms with van der Waals surface area (Å²) in [5, 5.41) is 22.3. The monoisotopic (exact) mass is 295 g/mol. The lowest BCUT2D eigenvalue weighted by molar-refractivity contribution is 0.133. The van der Waals surface area contributed by atoms with E-state index in [1.807, 2.05) is 30.3 Å². The van der Waals surface area contributed by atoms with Crippen LogP contribution in [0.5, 0.6) is 0 Å². The van der Waals surface area contributed by atoms with Gasteiger partial charge in [0.2, 0.25) is 5.82 Å². The molecule has 3 rings (SSSR count). The third kappa shape index (κ3) is 3.73. The molecular formula is C16H17N5O. The number of aromatic nitrogens is 5. The van der Waals surface area contributed by atoms with Crippen LogP contribution in [0.1, 0.15) is 12.0 Å². The van der Waals surface area contributed by atoms with E-state index in [4.69, 9.17) is 0 Å². The molecule has 0 aliphatic rings. The summed E-state index contributed by atoms with van der Waals surface area (Å²) in [6, 6.07) is 13.8. The molecule has 0 saturated carbocycles. The molecule has 1 aromatic carbocycles. The molecular weight excluding hydrogens is 278 g/mol. The summed E-state index contributed by atoms with van der Waals surface area (Å²) in [4.78, 5) is 5.46. The lowest BCUT2D eigenvalue weighted by Gasteiger charge is -2.09. The standard InChI is InChI=1S/C16H17N5O/c22-15(9-8-13-5-2-1-3-6-13)12-21-19-16(18-20-21)14-7-4-10-17-11-14/h1-7,10-11,15,22H,8-9,12H2/t15-/m0/s1. The maximum atomic E-state index is 10.1. The Labute approximate surface area is 128 Å². The quantitative estimate of drug-likeness (QED) is 0.749. The van der Waals surface area contributed by atoms with Crippen molar-refractivity contribution in [1.29, 1.82) is 0 Å². The summed E-state index contributed by atoms with van der Waals surface area (Å²) >= 11 is 0. The van der Waals surface area contributed by atoms with Crippen LogP contribution in [0.25, 0.3) is 11.4 Å². The zero-order valence-corrected chi connectivity index (χ0v) is 12.1. The molecule has 0 unspecified atom stereocenters. The molecule has 6 nitrogen and oxygen atoms in total. The number of pyridine rings is 1. The SMILES string of the molecule is O[C@@H](CCc1ccccc1)Cn1nnc(-c2cccnc2)n1. The molecule has 112 valence electrons. The van der Waals surface area contributed by atoms with Crippen molar-refractivity contribution >= 4 is 0 Å². The first kappa shape index (κ1) is 14.3. The predicted octanol–water partition coefficient (Wildman–Crippen LogP) is 1.73. The fourth-order valence-corrected chi connectivity index (χ4v) is 2.19. The topological polar surface area (TPSA) is 76.7 Å². The molecule has 22 heavy (non-hydrogen) atoms. The van der Waals surface area contributed by atoms with Gasteiger partial charge in [0.05, 0.1) is 12.6 Å². The Balaban J connectivity index is 1.56. The Morgan fingerprint density at radius 3 is 2.73 bits per heavy atom. The maximum Gasteiger partial charge on any atom is 0.206 e. The predicted molar refractivity (Wildman–Crippen MR) is 81.8 cm³/mol. The molecule has 0 radical (unpaired) electrons. The molecule has 6 heteroatoms. The van der Waals surface area contributed by atoms with Crippen LogP contribution in [0.2, 0.25) is 0 Å². The van der Waals surface area contributed by atoms with Crippen molar-refractivity contribution in [3.63, 3.8) is 0 Å². The number of hydrogen-bond acceptors (Lipinski definition) is 5. The van der Waals surface area contributed by atoms with E-state index in [2.05, 4.69) is 32.5 Å². The van der Waals surface area contributed by atoms with Gasteiger partial charge in [0.15, 0.2) is 0 Å². The molecule has 3 aromatic rings. The van der Waals surface area contributed by atoms with Crippen LogP contribution < -0.4 is 0 Å². The lowest BCUT2D eigenvalue weighted by atomic mass is 10.1. The van der Waals surface area contributed by atoms with Crippen molar-refractivity contribution in [3.8, 4) is 11.4 Å². The van der Waals surface area contributed by atoms with Gasteiger partial charge in [-0.2, -0.15) is 4.80 Å². The van der Waals surface area contributed by atoms with Crippen molar-refractivity contribution in [2.45, 2.75) is 25.5 Å². The van der Waals surface area contributed by atoms with E-state index >= 15 is 0 Å². The van der Waals surface area contributed by atoms with Gasteiger partial charge >= 0.3 is 0 Å². The molecule has 0 bridgehead atoms. The van der Waals surface area contributed by atoms with Crippen LogP contribution in [0.15, 0.2) is 54.9 Å². The number of rotatable bonds is 6. The van der Waals surface area contributed by atoms with Crippen molar-refractivity contribution in [3.05, 3.63) is 60.4 Å². The Morgan fingerprint density at radius 2 is 1.95 bits per heavy atom. The molecule has 1 atom stereocenters. The number of aryl methyl sites for hydroxylation is 1. The molecule has 0 saturated heterocycles. The van der Waals surface area contributed by atoms with E-state index < -0.39 is 6.10 Å². The highest BCUT2D eigenvalue weighted by Crippen LogP contribution is 2.11. The smallest absolute Gasteiger partial charge is 0.206 e. The summed E-state index contributed by atoms with van der Waals surface area (Å²) in [6.07, 6.45) is 4.37. The van der Waals surface area contributed by atoms with Gasteiger partial charge in [-0.05, 0) is 35.8 Å². The summed E-state index contributed by atoms with van der Waals surface area (Å²) in [5.74, 6) is 0.517. The largest absolute Gasteiger partial charge is 0.391 e. The maximum absolute atomic E-state index is 10.1. The van der Waals surface area contributed by atoms with E-state index in [1.165, 1.54) is 10.4 Å². The van der Waals surface area contributed by atoms with Crippen molar-refractivity contribution in [1.82, 2.24) is 25.2 Å². The van der Waals surface area contributed by atoms with Gasteiger partial charge in [-0.1, -0.05) is 30.3 Å². The molecule has 1 N–H and O–H groups in total. The second kappa shape index (κ2) is 6.91. The third-order valence-electron chi connectivity index (χ3n) is 3.36. The third-order valence-corrected chi connectivity index (χ3v) is 3.36. The van der Waals surface area contributed by atoms with Crippen molar-refractivity contribution in [2.24, 2.45) is 0 Å². The molecule has 0 amide bonds. The number of tetrazole rings is 1. The summed E-state index contributed by atoms with van der Waals surface area (Å²) < 4.78 is 0. The van der Waals surface area contributed by atoms with Crippen LogP contribution >= 0.6 is 0 Å². The minimum Gasteiger partial charge on any atom is -0.391 e. The van der Waals surface area contributed by atoms with Gasteiger partial charge in [-0.25, -0.2) is 0 Å². The molecule has 2 aromatic heterocycles. The minimum atomic E-state index is -0.504. The minimum absolute atomic E-state index is 0.333. The van der Waals surface area contributed by atoms with Gasteiger partial charge in [0.25, 0.3) is 0 Å². The van der Waals surface area contributed by atoms with Crippen LogP contribution in [-0.2, 0) is 13.0 Å². The van der Waals surface area contributed by atoms with E-state index in [0.717, 1.165) is 12.0 Å². The van der Waals surface area contributed by atoms with E-state index in [-0.39, 0.29) is 0 Å². The molecule has 0 aliphatic heterocycles. The van der Waals surface area contributed by atoms with Gasteiger partial charge in [-0.3, -0.25) is 4.98 Å². The molecule has 0 spiro atoms. The van der Waals surface area contributed by atoms with Gasteiger partial charge in [-0.15, -0.1) is 10.2 Å². The molecule has 2 heterocycles. The van der Waals surface area contributed by atoms with E-state index in [1.54, 1.807) is 12.4 Å². The average Bonchev–Trinajstić information content (AvgIpc) is 3.03. The summed E-state index contributed by atoms with van der Waals surface area (Å²) in [6.45, 7) is 0.333. The number of nitrogens with zero attached hydrogens (tertiary/aromatic N) is 5. The Kier molecular flexibility index (Phi) is 4.50. The first-order chi connectivity index (χ1) is 10.8. The Bertz CT molecular complexity index is 699. The van der Waals surface area contributed by atoms with Crippen LogP contribution in [0.3, 0.4) is 0 Å².